The highest BCUT2D eigenvalue weighted by molar-refractivity contribution is 7.85. The van der Waals surface area contributed by atoms with Crippen LogP contribution in [-0.4, -0.2) is 22.0 Å². The van der Waals surface area contributed by atoms with E-state index >= 15 is 4.39 Å². The minimum atomic E-state index is -0.866. The number of nitrogens with zero attached hydrogens (tertiary/aromatic N) is 2. The number of aromatic nitrogens is 1. The third-order valence-electron chi connectivity index (χ3n) is 6.40. The molecule has 1 saturated carbocycles. The molecular formula is C26H27F3N2O2S. The number of benzene rings is 2. The molecule has 0 unspecified atom stereocenters. The molecule has 0 atom stereocenters. The molecule has 0 N–H and O–H groups in total. The van der Waals surface area contributed by atoms with E-state index in [1.807, 2.05) is 0 Å². The zero-order valence-corrected chi connectivity index (χ0v) is 20.4. The van der Waals surface area contributed by atoms with Crippen molar-refractivity contribution in [3.8, 4) is 11.3 Å². The molecular weight excluding hydrogens is 461 g/mol. The van der Waals surface area contributed by atoms with Crippen molar-refractivity contribution in [3.63, 3.8) is 0 Å². The fraction of sp³-hybridized carbons (Fsp3) is 0.423. The van der Waals surface area contributed by atoms with E-state index in [1.54, 1.807) is 20.8 Å². The molecule has 0 amide bonds. The first-order chi connectivity index (χ1) is 15.9. The highest BCUT2D eigenvalue weighted by atomic mass is 32.1. The summed E-state index contributed by atoms with van der Waals surface area (Å²) in [6.45, 7) is 7.25. The topological polar surface area (TPSA) is 55.0 Å². The number of carbonyl (C=O) groups is 1. The van der Waals surface area contributed by atoms with Crippen molar-refractivity contribution < 1.29 is 22.7 Å². The van der Waals surface area contributed by atoms with E-state index < -0.39 is 29.1 Å². The van der Waals surface area contributed by atoms with Crippen LogP contribution in [0.1, 0.15) is 58.4 Å². The molecule has 4 rings (SSSR count). The number of halogens is 3. The standard InChI is InChI=1S/C26H27F3N2O2S/c1-25(2,3)33-24(32)31-22(15-5-7-17(27)8-6-15)21(16-13-26(4,14-16)9-10-34-30)19-11-18(28)12-20(29)23(19)31/h5-8,11-12,16H,9-10,13-14H2,1-4H3. The zero-order valence-electron chi connectivity index (χ0n) is 19.6. The normalized spacial score (nSPS) is 20.2. The highest BCUT2D eigenvalue weighted by Gasteiger charge is 2.44. The van der Waals surface area contributed by atoms with Crippen molar-refractivity contribution in [2.45, 2.75) is 58.5 Å². The Morgan fingerprint density at radius 3 is 2.38 bits per heavy atom. The van der Waals surface area contributed by atoms with Crippen molar-refractivity contribution >= 4 is 28.4 Å². The van der Waals surface area contributed by atoms with Gasteiger partial charge in [-0.1, -0.05) is 6.92 Å². The molecule has 1 fully saturated rings. The van der Waals surface area contributed by atoms with Crippen LogP contribution in [0.3, 0.4) is 0 Å². The van der Waals surface area contributed by atoms with Gasteiger partial charge in [-0.3, -0.25) is 0 Å². The molecule has 4 nitrogen and oxygen atoms in total. The second-order valence-electron chi connectivity index (χ2n) is 10.4. The number of hydrogen-bond donors (Lipinski definition) is 0. The molecule has 8 heteroatoms. The predicted octanol–water partition coefficient (Wildman–Crippen LogP) is 8.00. The molecule has 1 heterocycles. The van der Waals surface area contributed by atoms with Crippen molar-refractivity contribution in [2.24, 2.45) is 5.41 Å². The molecule has 1 aliphatic carbocycles. The van der Waals surface area contributed by atoms with Gasteiger partial charge in [0, 0.05) is 28.6 Å². The van der Waals surface area contributed by atoms with Gasteiger partial charge in [-0.05, 0) is 92.8 Å². The Morgan fingerprint density at radius 2 is 1.79 bits per heavy atom. The number of rotatable bonds is 4. The van der Waals surface area contributed by atoms with Gasteiger partial charge in [-0.2, -0.15) is 4.61 Å². The maximum atomic E-state index is 15.2. The third kappa shape index (κ3) is 4.57. The fourth-order valence-corrected chi connectivity index (χ4v) is 5.57. The molecule has 0 radical (unpaired) electrons. The predicted molar refractivity (Wildman–Crippen MR) is 128 cm³/mol. The van der Waals surface area contributed by atoms with Crippen LogP contribution in [0.4, 0.5) is 18.0 Å². The Morgan fingerprint density at radius 1 is 1.15 bits per heavy atom. The van der Waals surface area contributed by atoms with E-state index in [2.05, 4.69) is 6.92 Å². The van der Waals surface area contributed by atoms with Gasteiger partial charge in [-0.25, -0.2) is 22.5 Å². The number of hydrogen-bond acceptors (Lipinski definition) is 3. The second-order valence-corrected chi connectivity index (χ2v) is 11.0. The summed E-state index contributed by atoms with van der Waals surface area (Å²) in [4.78, 5) is 13.4. The zero-order chi connectivity index (χ0) is 24.8. The van der Waals surface area contributed by atoms with Crippen molar-refractivity contribution in [2.75, 3.05) is 5.75 Å². The molecule has 0 spiro atoms. The molecule has 2 aromatic carbocycles. The SMILES string of the molecule is CC1(CCS#N)CC(c2c(-c3ccc(F)cc3)n(C(=O)OC(C)(C)C)c3c(F)cc(F)cc23)C1. The van der Waals surface area contributed by atoms with Crippen LogP contribution in [-0.2, 0) is 4.74 Å². The Kier molecular flexibility index (Phi) is 6.25. The van der Waals surface area contributed by atoms with E-state index in [-0.39, 0.29) is 16.8 Å². The van der Waals surface area contributed by atoms with Crippen LogP contribution in [0.15, 0.2) is 36.4 Å². The minimum Gasteiger partial charge on any atom is -0.443 e. The van der Waals surface area contributed by atoms with Gasteiger partial charge in [0.15, 0.2) is 5.82 Å². The lowest BCUT2D eigenvalue weighted by molar-refractivity contribution is 0.0545. The van der Waals surface area contributed by atoms with Crippen LogP contribution < -0.4 is 0 Å². The monoisotopic (exact) mass is 488 g/mol. The lowest BCUT2D eigenvalue weighted by Gasteiger charge is -2.46. The molecule has 0 saturated heterocycles. The quantitative estimate of drug-likeness (QED) is 0.374. The minimum absolute atomic E-state index is 0.0350. The summed E-state index contributed by atoms with van der Waals surface area (Å²) in [6.07, 6.45) is 1.47. The van der Waals surface area contributed by atoms with Gasteiger partial charge >= 0.3 is 6.09 Å². The summed E-state index contributed by atoms with van der Waals surface area (Å²) < 4.78 is 59.3. The van der Waals surface area contributed by atoms with Crippen LogP contribution in [0.2, 0.25) is 0 Å². The summed E-state index contributed by atoms with van der Waals surface area (Å²) in [6, 6.07) is 7.61. The van der Waals surface area contributed by atoms with Crippen molar-refractivity contribution in [3.05, 3.63) is 59.4 Å². The van der Waals surface area contributed by atoms with E-state index in [9.17, 15) is 13.6 Å². The fourth-order valence-electron chi connectivity index (χ4n) is 4.98. The van der Waals surface area contributed by atoms with E-state index in [1.165, 1.54) is 30.3 Å². The summed E-state index contributed by atoms with van der Waals surface area (Å²) in [7, 11) is 0. The Labute approximate surface area is 200 Å². The third-order valence-corrected chi connectivity index (χ3v) is 6.78. The molecule has 1 aliphatic rings. The summed E-state index contributed by atoms with van der Waals surface area (Å²) in [5.74, 6) is -1.52. The van der Waals surface area contributed by atoms with Crippen LogP contribution in [0.25, 0.3) is 22.2 Å². The van der Waals surface area contributed by atoms with Crippen molar-refractivity contribution in [1.29, 1.82) is 4.61 Å². The van der Waals surface area contributed by atoms with Gasteiger partial charge in [0.25, 0.3) is 0 Å². The summed E-state index contributed by atoms with van der Waals surface area (Å²) >= 11 is 0.796. The second kappa shape index (κ2) is 8.75. The van der Waals surface area contributed by atoms with Gasteiger partial charge in [0.2, 0.25) is 0 Å². The van der Waals surface area contributed by atoms with Gasteiger partial charge in [0.1, 0.15) is 17.2 Å². The van der Waals surface area contributed by atoms with Crippen LogP contribution in [0.5, 0.6) is 0 Å². The average Bonchev–Trinajstić information content (AvgIpc) is 3.04. The number of ether oxygens (including phenoxy) is 1. The van der Waals surface area contributed by atoms with Gasteiger partial charge in [-0.15, -0.1) is 0 Å². The van der Waals surface area contributed by atoms with E-state index in [0.717, 1.165) is 41.3 Å². The first-order valence-electron chi connectivity index (χ1n) is 11.2. The molecule has 180 valence electrons. The molecule has 34 heavy (non-hydrogen) atoms. The Hall–Kier alpha value is -2.83. The van der Waals surface area contributed by atoms with E-state index in [4.69, 9.17) is 9.35 Å². The smallest absolute Gasteiger partial charge is 0.419 e. The number of carbonyl (C=O) groups excluding carboxylic acids is 1. The van der Waals surface area contributed by atoms with Crippen LogP contribution >= 0.6 is 11.4 Å². The maximum absolute atomic E-state index is 15.2. The summed E-state index contributed by atoms with van der Waals surface area (Å²) in [5.41, 5.74) is 0.619. The van der Waals surface area contributed by atoms with Crippen molar-refractivity contribution in [1.82, 2.24) is 4.57 Å². The molecule has 3 aromatic rings. The molecule has 0 aliphatic heterocycles. The largest absolute Gasteiger partial charge is 0.443 e. The first-order valence-corrected chi connectivity index (χ1v) is 12.2. The lowest BCUT2D eigenvalue weighted by Crippen LogP contribution is -2.34. The molecule has 1 aromatic heterocycles. The Balaban J connectivity index is 1.98. The van der Waals surface area contributed by atoms with Gasteiger partial charge in [0.05, 0.1) is 11.2 Å². The number of fused-ring (bicyclic) bond motifs is 1. The molecule has 0 bridgehead atoms. The lowest BCUT2D eigenvalue weighted by atomic mass is 9.59. The van der Waals surface area contributed by atoms with E-state index in [0.29, 0.717) is 28.0 Å². The average molecular weight is 489 g/mol. The Bertz CT molecular complexity index is 1300. The van der Waals surface area contributed by atoms with Gasteiger partial charge < -0.3 is 4.74 Å². The van der Waals surface area contributed by atoms with Crippen LogP contribution in [0, 0.1) is 27.5 Å². The highest BCUT2D eigenvalue weighted by Crippen LogP contribution is 2.57. The first kappa shape index (κ1) is 24.3. The maximum Gasteiger partial charge on any atom is 0.419 e. The summed E-state index contributed by atoms with van der Waals surface area (Å²) in [5, 5.41) is 0.311.